The average molecular weight is 302 g/mol. The van der Waals surface area contributed by atoms with Crippen molar-refractivity contribution in [1.29, 1.82) is 0 Å². The molecule has 0 fully saturated rings. The summed E-state index contributed by atoms with van der Waals surface area (Å²) in [5.74, 6) is 0. The number of nitrogens with one attached hydrogen (secondary N) is 2. The molecule has 112 valence electrons. The maximum absolute atomic E-state index is 11.9. The summed E-state index contributed by atoms with van der Waals surface area (Å²) in [6, 6.07) is 12.5. The van der Waals surface area contributed by atoms with Crippen LogP contribution in [0.15, 0.2) is 36.4 Å². The van der Waals surface area contributed by atoms with Crippen molar-refractivity contribution >= 4 is 17.4 Å². The van der Waals surface area contributed by atoms with Gasteiger partial charge in [-0.25, -0.2) is 4.79 Å². The van der Waals surface area contributed by atoms with Gasteiger partial charge in [-0.05, 0) is 44.9 Å². The summed E-state index contributed by atoms with van der Waals surface area (Å²) in [5, 5.41) is 5.87. The lowest BCUT2D eigenvalue weighted by Crippen LogP contribution is -2.37. The number of urea groups is 1. The lowest BCUT2D eigenvalue weighted by atomic mass is 10.1. The molecule has 0 spiro atoms. The predicted octanol–water partition coefficient (Wildman–Crippen LogP) is 3.97. The zero-order valence-corrected chi connectivity index (χ0v) is 13.6. The molecule has 0 saturated carbocycles. The Morgan fingerprint density at radius 2 is 1.86 bits per heavy atom. The molecule has 4 heteroatoms. The number of hydrogen-bond acceptors (Lipinski definition) is 2. The van der Waals surface area contributed by atoms with Crippen LogP contribution < -0.4 is 10.6 Å². The molecule has 1 unspecified atom stereocenters. The normalized spacial score (nSPS) is 12.0. The van der Waals surface area contributed by atoms with Crippen LogP contribution >= 0.6 is 11.3 Å². The van der Waals surface area contributed by atoms with Crippen molar-refractivity contribution in [1.82, 2.24) is 10.6 Å². The van der Waals surface area contributed by atoms with E-state index in [4.69, 9.17) is 0 Å². The van der Waals surface area contributed by atoms with Crippen LogP contribution in [-0.4, -0.2) is 12.6 Å². The Morgan fingerprint density at radius 1 is 1.14 bits per heavy atom. The van der Waals surface area contributed by atoms with Gasteiger partial charge in [-0.15, -0.1) is 11.3 Å². The summed E-state index contributed by atoms with van der Waals surface area (Å²) in [5.41, 5.74) is 2.49. The molecule has 1 aromatic heterocycles. The molecular formula is C17H22N2OS. The molecule has 2 amide bonds. The lowest BCUT2D eigenvalue weighted by molar-refractivity contribution is 0.238. The topological polar surface area (TPSA) is 41.1 Å². The van der Waals surface area contributed by atoms with Gasteiger partial charge in [-0.2, -0.15) is 0 Å². The summed E-state index contributed by atoms with van der Waals surface area (Å²) in [6.07, 6.45) is 0.847. The molecule has 21 heavy (non-hydrogen) atoms. The first kappa shape index (κ1) is 15.6. The third kappa shape index (κ3) is 4.90. The number of aryl methyl sites for hydroxylation is 2. The second-order valence-electron chi connectivity index (χ2n) is 5.31. The largest absolute Gasteiger partial charge is 0.338 e. The fourth-order valence-corrected chi connectivity index (χ4v) is 2.96. The van der Waals surface area contributed by atoms with Crippen LogP contribution in [0.1, 0.15) is 33.8 Å². The SMILES string of the molecule is Cc1ccc(CCNC(=O)NC(C)c2ccc(C)s2)cc1. The van der Waals surface area contributed by atoms with Crippen LogP contribution in [0.2, 0.25) is 0 Å². The average Bonchev–Trinajstić information content (AvgIpc) is 2.88. The molecule has 0 saturated heterocycles. The minimum atomic E-state index is -0.110. The van der Waals surface area contributed by atoms with Gasteiger partial charge in [0.1, 0.15) is 0 Å². The van der Waals surface area contributed by atoms with Gasteiger partial charge in [0, 0.05) is 16.3 Å². The molecule has 1 heterocycles. The van der Waals surface area contributed by atoms with Gasteiger partial charge in [0.2, 0.25) is 0 Å². The fourth-order valence-electron chi connectivity index (χ4n) is 2.08. The van der Waals surface area contributed by atoms with Gasteiger partial charge in [-0.3, -0.25) is 0 Å². The van der Waals surface area contributed by atoms with Crippen LogP contribution in [0, 0.1) is 13.8 Å². The van der Waals surface area contributed by atoms with Gasteiger partial charge < -0.3 is 10.6 Å². The molecule has 0 aliphatic carbocycles. The van der Waals surface area contributed by atoms with Crippen LogP contribution in [0.25, 0.3) is 0 Å². The molecule has 0 bridgehead atoms. The molecule has 2 aromatic rings. The Labute approximate surface area is 130 Å². The molecule has 0 aliphatic heterocycles. The van der Waals surface area contributed by atoms with Crippen molar-refractivity contribution < 1.29 is 4.79 Å². The number of rotatable bonds is 5. The quantitative estimate of drug-likeness (QED) is 0.862. The molecule has 1 aromatic carbocycles. The fraction of sp³-hybridized carbons (Fsp3) is 0.353. The Balaban J connectivity index is 1.73. The maximum Gasteiger partial charge on any atom is 0.315 e. The van der Waals surface area contributed by atoms with Gasteiger partial charge >= 0.3 is 6.03 Å². The Kier molecular flexibility index (Phi) is 5.39. The first-order valence-corrected chi connectivity index (χ1v) is 8.02. The van der Waals surface area contributed by atoms with Gasteiger partial charge in [0.15, 0.2) is 0 Å². The molecular weight excluding hydrogens is 280 g/mol. The van der Waals surface area contributed by atoms with Crippen molar-refractivity contribution in [2.24, 2.45) is 0 Å². The highest BCUT2D eigenvalue weighted by molar-refractivity contribution is 7.12. The maximum atomic E-state index is 11.9. The van der Waals surface area contributed by atoms with Gasteiger partial charge in [0.05, 0.1) is 6.04 Å². The zero-order valence-electron chi connectivity index (χ0n) is 12.8. The third-order valence-electron chi connectivity index (χ3n) is 3.36. The van der Waals surface area contributed by atoms with E-state index in [1.807, 2.05) is 6.92 Å². The summed E-state index contributed by atoms with van der Waals surface area (Å²) in [4.78, 5) is 14.3. The van der Waals surface area contributed by atoms with Gasteiger partial charge in [-0.1, -0.05) is 29.8 Å². The van der Waals surface area contributed by atoms with Crippen LogP contribution in [0.5, 0.6) is 0 Å². The minimum Gasteiger partial charge on any atom is -0.338 e. The van der Waals surface area contributed by atoms with E-state index in [2.05, 4.69) is 60.9 Å². The lowest BCUT2D eigenvalue weighted by Gasteiger charge is -2.13. The van der Waals surface area contributed by atoms with E-state index in [-0.39, 0.29) is 12.1 Å². The first-order chi connectivity index (χ1) is 10.0. The monoisotopic (exact) mass is 302 g/mol. The highest BCUT2D eigenvalue weighted by Gasteiger charge is 2.10. The van der Waals surface area contributed by atoms with Gasteiger partial charge in [0.25, 0.3) is 0 Å². The van der Waals surface area contributed by atoms with Crippen molar-refractivity contribution in [2.45, 2.75) is 33.2 Å². The number of carbonyl (C=O) groups is 1. The highest BCUT2D eigenvalue weighted by atomic mass is 32.1. The summed E-state index contributed by atoms with van der Waals surface area (Å²) in [6.45, 7) is 6.79. The van der Waals surface area contributed by atoms with E-state index in [1.54, 1.807) is 11.3 Å². The Hall–Kier alpha value is -1.81. The highest BCUT2D eigenvalue weighted by Crippen LogP contribution is 2.21. The van der Waals surface area contributed by atoms with E-state index in [1.165, 1.54) is 20.9 Å². The van der Waals surface area contributed by atoms with Crippen molar-refractivity contribution in [3.05, 3.63) is 57.3 Å². The van der Waals surface area contributed by atoms with Crippen LogP contribution in [-0.2, 0) is 6.42 Å². The minimum absolute atomic E-state index is 0.0445. The molecule has 1 atom stereocenters. The second-order valence-corrected chi connectivity index (χ2v) is 6.63. The standard InChI is InChI=1S/C17H22N2OS/c1-12-4-7-15(8-5-12)10-11-18-17(20)19-14(3)16-9-6-13(2)21-16/h4-9,14H,10-11H2,1-3H3,(H2,18,19,20). The zero-order chi connectivity index (χ0) is 15.2. The van der Waals surface area contributed by atoms with E-state index in [9.17, 15) is 4.79 Å². The Morgan fingerprint density at radius 3 is 2.48 bits per heavy atom. The second kappa shape index (κ2) is 7.27. The smallest absolute Gasteiger partial charge is 0.315 e. The number of hydrogen-bond donors (Lipinski definition) is 2. The predicted molar refractivity (Wildman–Crippen MR) is 88.9 cm³/mol. The molecule has 0 radical (unpaired) electrons. The number of thiophene rings is 1. The Bertz CT molecular complexity index is 589. The van der Waals surface area contributed by atoms with E-state index < -0.39 is 0 Å². The molecule has 0 aliphatic rings. The van der Waals surface area contributed by atoms with E-state index >= 15 is 0 Å². The van der Waals surface area contributed by atoms with Crippen LogP contribution in [0.4, 0.5) is 4.79 Å². The summed E-state index contributed by atoms with van der Waals surface area (Å²) >= 11 is 1.72. The number of carbonyl (C=O) groups excluding carboxylic acids is 1. The van der Waals surface area contributed by atoms with Crippen molar-refractivity contribution in [3.63, 3.8) is 0 Å². The molecule has 3 nitrogen and oxygen atoms in total. The summed E-state index contributed by atoms with van der Waals surface area (Å²) < 4.78 is 0. The number of amides is 2. The first-order valence-electron chi connectivity index (χ1n) is 7.21. The number of benzene rings is 1. The van der Waals surface area contributed by atoms with Crippen LogP contribution in [0.3, 0.4) is 0 Å². The molecule has 2 N–H and O–H groups in total. The van der Waals surface area contributed by atoms with Crippen molar-refractivity contribution in [3.8, 4) is 0 Å². The van der Waals surface area contributed by atoms with E-state index in [0.29, 0.717) is 6.54 Å². The third-order valence-corrected chi connectivity index (χ3v) is 4.54. The summed E-state index contributed by atoms with van der Waals surface area (Å²) in [7, 11) is 0. The van der Waals surface area contributed by atoms with Crippen molar-refractivity contribution in [2.75, 3.05) is 6.54 Å². The molecule has 2 rings (SSSR count). The van der Waals surface area contributed by atoms with E-state index in [0.717, 1.165) is 6.42 Å².